The van der Waals surface area contributed by atoms with Gasteiger partial charge in [0.1, 0.15) is 19.8 Å². The number of amides is 1. The molecule has 14 nitrogen and oxygen atoms in total. The summed E-state index contributed by atoms with van der Waals surface area (Å²) in [5, 5.41) is 26.8. The molecule has 56 heavy (non-hydrogen) atoms. The second-order valence-electron chi connectivity index (χ2n) is 12.0. The molecular weight excluding hydrogens is 720 g/mol. The van der Waals surface area contributed by atoms with Crippen molar-refractivity contribution in [2.75, 3.05) is 7.11 Å². The third-order valence-corrected chi connectivity index (χ3v) is 8.12. The smallest absolute Gasteiger partial charge is 0.318 e. The van der Waals surface area contributed by atoms with Gasteiger partial charge in [0.15, 0.2) is 23.0 Å². The van der Waals surface area contributed by atoms with Crippen LogP contribution in [-0.4, -0.2) is 29.1 Å². The molecule has 0 heterocycles. The van der Waals surface area contributed by atoms with Gasteiger partial charge in [-0.05, 0) is 58.7 Å². The Morgan fingerprint density at radius 3 is 1.68 bits per heavy atom. The highest BCUT2D eigenvalue weighted by atomic mass is 16.6. The van der Waals surface area contributed by atoms with E-state index in [0.29, 0.717) is 11.3 Å². The number of hydrogen-bond donors (Lipinski definition) is 1. The molecule has 0 saturated carbocycles. The molecule has 14 heteroatoms. The van der Waals surface area contributed by atoms with Gasteiger partial charge in [0.2, 0.25) is 11.5 Å². The lowest BCUT2D eigenvalue weighted by Crippen LogP contribution is -2.18. The van der Waals surface area contributed by atoms with Crippen LogP contribution in [0.25, 0.3) is 0 Å². The Morgan fingerprint density at radius 2 is 1.16 bits per heavy atom. The molecule has 0 spiro atoms. The van der Waals surface area contributed by atoms with Crippen molar-refractivity contribution in [1.29, 1.82) is 0 Å². The molecule has 0 aliphatic rings. The van der Waals surface area contributed by atoms with Crippen LogP contribution in [0.3, 0.4) is 0 Å². The van der Waals surface area contributed by atoms with E-state index in [2.05, 4.69) is 10.5 Å². The van der Waals surface area contributed by atoms with Gasteiger partial charge < -0.3 is 23.7 Å². The number of nitrogens with zero attached hydrogens (tertiary/aromatic N) is 3. The van der Waals surface area contributed by atoms with Crippen molar-refractivity contribution in [1.82, 2.24) is 5.43 Å². The van der Waals surface area contributed by atoms with Crippen LogP contribution >= 0.6 is 0 Å². The average molecular weight is 755 g/mol. The van der Waals surface area contributed by atoms with Crippen molar-refractivity contribution < 1.29 is 38.3 Å². The molecule has 6 aromatic rings. The lowest BCUT2D eigenvalue weighted by molar-refractivity contribution is -0.394. The number of ether oxygens (including phenoxy) is 5. The minimum atomic E-state index is -0.777. The third-order valence-electron chi connectivity index (χ3n) is 8.12. The summed E-state index contributed by atoms with van der Waals surface area (Å²) in [5.41, 5.74) is 4.90. The maximum atomic E-state index is 13.6. The molecule has 0 aliphatic heterocycles. The number of methoxy groups -OCH3 is 1. The summed E-state index contributed by atoms with van der Waals surface area (Å²) in [6.45, 7) is 0.615. The standard InChI is InChI=1S/C42H34N4O10/c1-52-38-21-32(17-19-37(38)56-36-20-18-34(45(48)49)24-35(36)46(50)51)25-43-44-42(47)33-22-39(53-26-29-11-5-2-6-12-29)41(55-28-31-15-9-4-10-16-31)40(23-33)54-27-30-13-7-3-8-14-30/h2-25H,26-28H2,1H3,(H,44,47)/b43-25-. The number of benzene rings is 6. The summed E-state index contributed by atoms with van der Waals surface area (Å²) in [7, 11) is 1.37. The maximum absolute atomic E-state index is 13.6. The molecule has 0 bridgehead atoms. The Bertz CT molecular complexity index is 2280. The quantitative estimate of drug-likeness (QED) is 0.0538. The highest BCUT2D eigenvalue weighted by Crippen LogP contribution is 2.41. The minimum Gasteiger partial charge on any atom is -0.493 e. The first kappa shape index (κ1) is 38.0. The lowest BCUT2D eigenvalue weighted by Gasteiger charge is -2.19. The van der Waals surface area contributed by atoms with E-state index in [1.807, 2.05) is 91.0 Å². The Labute approximate surface area is 320 Å². The molecule has 0 fully saturated rings. The van der Waals surface area contributed by atoms with Crippen LogP contribution in [-0.2, 0) is 19.8 Å². The molecular formula is C42H34N4O10. The number of nitro benzene ring substituents is 2. The van der Waals surface area contributed by atoms with Gasteiger partial charge in [-0.2, -0.15) is 5.10 Å². The van der Waals surface area contributed by atoms with Crippen LogP contribution in [0.1, 0.15) is 32.6 Å². The van der Waals surface area contributed by atoms with Crippen LogP contribution in [0.5, 0.6) is 34.5 Å². The largest absolute Gasteiger partial charge is 0.493 e. The van der Waals surface area contributed by atoms with Crippen molar-refractivity contribution in [2.24, 2.45) is 5.10 Å². The fraction of sp³-hybridized carbons (Fsp3) is 0.0952. The first-order chi connectivity index (χ1) is 27.3. The fourth-order valence-corrected chi connectivity index (χ4v) is 5.31. The summed E-state index contributed by atoms with van der Waals surface area (Å²) in [4.78, 5) is 34.8. The van der Waals surface area contributed by atoms with Crippen molar-refractivity contribution in [3.63, 3.8) is 0 Å². The normalized spacial score (nSPS) is 10.7. The molecule has 0 unspecified atom stereocenters. The van der Waals surface area contributed by atoms with Gasteiger partial charge in [-0.3, -0.25) is 25.0 Å². The minimum absolute atomic E-state index is 0.103. The molecule has 6 aromatic carbocycles. The van der Waals surface area contributed by atoms with Gasteiger partial charge in [0.05, 0.1) is 29.2 Å². The lowest BCUT2D eigenvalue weighted by atomic mass is 10.1. The zero-order chi connectivity index (χ0) is 39.3. The summed E-state index contributed by atoms with van der Waals surface area (Å²) >= 11 is 0. The number of nitrogens with one attached hydrogen (secondary N) is 1. The van der Waals surface area contributed by atoms with Gasteiger partial charge in [0.25, 0.3) is 11.6 Å². The van der Waals surface area contributed by atoms with Crippen molar-refractivity contribution >= 4 is 23.5 Å². The topological polar surface area (TPSA) is 174 Å². The molecule has 6 rings (SSSR count). The Kier molecular flexibility index (Phi) is 12.4. The SMILES string of the molecule is COc1cc(/C=N\NC(=O)c2cc(OCc3ccccc3)c(OCc3ccccc3)c(OCc3ccccc3)c2)ccc1Oc1ccc([N+](=O)[O-])cc1[N+](=O)[O-]. The van der Waals surface area contributed by atoms with E-state index in [9.17, 15) is 25.0 Å². The molecule has 0 aromatic heterocycles. The van der Waals surface area contributed by atoms with Gasteiger partial charge in [-0.25, -0.2) is 5.43 Å². The van der Waals surface area contributed by atoms with E-state index in [4.69, 9.17) is 23.7 Å². The van der Waals surface area contributed by atoms with Gasteiger partial charge >= 0.3 is 5.69 Å². The van der Waals surface area contributed by atoms with E-state index in [1.165, 1.54) is 25.5 Å². The molecule has 1 amide bonds. The fourth-order valence-electron chi connectivity index (χ4n) is 5.31. The number of hydrogen-bond acceptors (Lipinski definition) is 11. The van der Waals surface area contributed by atoms with Crippen molar-refractivity contribution in [3.8, 4) is 34.5 Å². The Balaban J connectivity index is 1.24. The van der Waals surface area contributed by atoms with Gasteiger partial charge in [-0.15, -0.1) is 0 Å². The molecule has 0 radical (unpaired) electrons. The molecule has 0 atom stereocenters. The highest BCUT2D eigenvalue weighted by Gasteiger charge is 2.23. The van der Waals surface area contributed by atoms with Crippen LogP contribution in [0.4, 0.5) is 11.4 Å². The summed E-state index contributed by atoms with van der Waals surface area (Å²) < 4.78 is 30.0. The second kappa shape index (κ2) is 18.3. The average Bonchev–Trinajstić information content (AvgIpc) is 3.23. The molecule has 0 aliphatic carbocycles. The van der Waals surface area contributed by atoms with Crippen LogP contribution < -0.4 is 29.1 Å². The van der Waals surface area contributed by atoms with Gasteiger partial charge in [0, 0.05) is 11.6 Å². The first-order valence-electron chi connectivity index (χ1n) is 17.1. The molecule has 0 saturated heterocycles. The molecule has 282 valence electrons. The number of carbonyl (C=O) groups excluding carboxylic acids is 1. The van der Waals surface area contributed by atoms with Crippen molar-refractivity contribution in [2.45, 2.75) is 19.8 Å². The van der Waals surface area contributed by atoms with E-state index in [0.717, 1.165) is 34.9 Å². The number of rotatable bonds is 17. The van der Waals surface area contributed by atoms with Crippen LogP contribution in [0.2, 0.25) is 0 Å². The Morgan fingerprint density at radius 1 is 0.625 bits per heavy atom. The predicted octanol–water partition coefficient (Wildman–Crippen LogP) is 8.80. The summed E-state index contributed by atoms with van der Waals surface area (Å²) in [6, 6.07) is 39.6. The number of hydrazone groups is 1. The first-order valence-corrected chi connectivity index (χ1v) is 17.1. The second-order valence-corrected chi connectivity index (χ2v) is 12.0. The maximum Gasteiger partial charge on any atom is 0.318 e. The number of carbonyl (C=O) groups is 1. The van der Waals surface area contributed by atoms with E-state index in [1.54, 1.807) is 18.2 Å². The van der Waals surface area contributed by atoms with Gasteiger partial charge in [-0.1, -0.05) is 91.0 Å². The summed E-state index contributed by atoms with van der Waals surface area (Å²) in [6.07, 6.45) is 1.37. The monoisotopic (exact) mass is 754 g/mol. The highest BCUT2D eigenvalue weighted by molar-refractivity contribution is 5.96. The predicted molar refractivity (Wildman–Crippen MR) is 207 cm³/mol. The summed E-state index contributed by atoms with van der Waals surface area (Å²) in [5.74, 6) is 0.404. The van der Waals surface area contributed by atoms with Crippen LogP contribution in [0.15, 0.2) is 145 Å². The van der Waals surface area contributed by atoms with E-state index < -0.39 is 27.1 Å². The zero-order valence-electron chi connectivity index (χ0n) is 29.9. The number of nitro groups is 2. The molecule has 1 N–H and O–H groups in total. The van der Waals surface area contributed by atoms with Crippen molar-refractivity contribution in [3.05, 3.63) is 188 Å². The van der Waals surface area contributed by atoms with E-state index >= 15 is 0 Å². The third kappa shape index (κ3) is 10.0. The van der Waals surface area contributed by atoms with E-state index in [-0.39, 0.29) is 54.1 Å². The zero-order valence-corrected chi connectivity index (χ0v) is 29.9. The number of non-ortho nitro benzene ring substituents is 1. The van der Waals surface area contributed by atoms with Crippen LogP contribution in [0, 0.1) is 20.2 Å². The Hall–Kier alpha value is -7.74.